The number of nitrogens with one attached hydrogen (secondary N) is 1. The van der Waals surface area contributed by atoms with Crippen LogP contribution in [0.3, 0.4) is 0 Å². The fourth-order valence-electron chi connectivity index (χ4n) is 2.88. The predicted molar refractivity (Wildman–Crippen MR) is 95.2 cm³/mol. The molecule has 6 heteroatoms. The molecule has 1 saturated heterocycles. The Morgan fingerprint density at radius 2 is 1.76 bits per heavy atom. The second kappa shape index (κ2) is 8.68. The SMILES string of the molecule is CC(C)(C)[C@@H](c1cccc(F)c1Br)N1CCNCC1.Cl.Cl. The number of rotatable bonds is 2. The van der Waals surface area contributed by atoms with E-state index in [9.17, 15) is 4.39 Å². The fourth-order valence-corrected chi connectivity index (χ4v) is 3.36. The quantitative estimate of drug-likeness (QED) is 0.788. The first-order valence-corrected chi connectivity index (χ1v) is 7.59. The molecule has 0 unspecified atom stereocenters. The van der Waals surface area contributed by atoms with Crippen LogP contribution < -0.4 is 5.32 Å². The molecule has 0 saturated carbocycles. The van der Waals surface area contributed by atoms with Crippen LogP contribution in [0.4, 0.5) is 4.39 Å². The minimum absolute atomic E-state index is 0. The van der Waals surface area contributed by atoms with Crippen molar-refractivity contribution in [3.63, 3.8) is 0 Å². The van der Waals surface area contributed by atoms with Crippen LogP contribution >= 0.6 is 40.7 Å². The molecular formula is C15H24BrCl2FN2. The maximum Gasteiger partial charge on any atom is 0.137 e. The highest BCUT2D eigenvalue weighted by Crippen LogP contribution is 2.41. The van der Waals surface area contributed by atoms with E-state index in [1.807, 2.05) is 6.07 Å². The standard InChI is InChI=1S/C15H22BrFN2.2ClH/c1-15(2,3)14(19-9-7-18-8-10-19)11-5-4-6-12(17)13(11)16;;/h4-6,14,18H,7-10H2,1-3H3;2*1H/t14-;;/m1../s1. The molecule has 0 bridgehead atoms. The van der Waals surface area contributed by atoms with E-state index in [4.69, 9.17) is 0 Å². The average Bonchev–Trinajstić information content (AvgIpc) is 2.35. The predicted octanol–water partition coefficient (Wildman–Crippen LogP) is 4.42. The minimum Gasteiger partial charge on any atom is -0.314 e. The van der Waals surface area contributed by atoms with E-state index in [1.165, 1.54) is 6.07 Å². The Bertz CT molecular complexity index is 446. The van der Waals surface area contributed by atoms with Crippen molar-refractivity contribution >= 4 is 40.7 Å². The van der Waals surface area contributed by atoms with Crippen molar-refractivity contribution in [2.45, 2.75) is 26.8 Å². The number of nitrogens with zero attached hydrogens (tertiary/aromatic N) is 1. The highest BCUT2D eigenvalue weighted by molar-refractivity contribution is 9.10. The topological polar surface area (TPSA) is 15.3 Å². The molecule has 0 aromatic heterocycles. The van der Waals surface area contributed by atoms with Gasteiger partial charge in [-0.3, -0.25) is 4.90 Å². The average molecular weight is 402 g/mol. The van der Waals surface area contributed by atoms with Crippen molar-refractivity contribution in [3.05, 3.63) is 34.1 Å². The summed E-state index contributed by atoms with van der Waals surface area (Å²) in [7, 11) is 0. The number of benzene rings is 1. The Balaban J connectivity index is 0.00000200. The normalized spacial score (nSPS) is 17.6. The van der Waals surface area contributed by atoms with Crippen molar-refractivity contribution in [1.29, 1.82) is 0 Å². The molecule has 0 radical (unpaired) electrons. The number of halogens is 4. The molecule has 1 aromatic carbocycles. The summed E-state index contributed by atoms with van der Waals surface area (Å²) >= 11 is 3.42. The minimum atomic E-state index is -0.179. The molecule has 0 aliphatic carbocycles. The van der Waals surface area contributed by atoms with E-state index >= 15 is 0 Å². The van der Waals surface area contributed by atoms with E-state index in [1.54, 1.807) is 6.07 Å². The van der Waals surface area contributed by atoms with E-state index in [0.717, 1.165) is 31.7 Å². The van der Waals surface area contributed by atoms with E-state index < -0.39 is 0 Å². The van der Waals surface area contributed by atoms with Crippen molar-refractivity contribution in [1.82, 2.24) is 10.2 Å². The molecule has 1 fully saturated rings. The Morgan fingerprint density at radius 3 is 2.29 bits per heavy atom. The summed E-state index contributed by atoms with van der Waals surface area (Å²) in [4.78, 5) is 2.45. The zero-order valence-electron chi connectivity index (χ0n) is 12.7. The molecule has 21 heavy (non-hydrogen) atoms. The second-order valence-corrected chi connectivity index (χ2v) is 6.99. The third kappa shape index (κ3) is 5.07. The summed E-state index contributed by atoms with van der Waals surface area (Å²) in [5.74, 6) is -0.179. The van der Waals surface area contributed by atoms with Gasteiger partial charge >= 0.3 is 0 Å². The van der Waals surface area contributed by atoms with Crippen molar-refractivity contribution < 1.29 is 4.39 Å². The molecule has 0 spiro atoms. The molecule has 2 nitrogen and oxygen atoms in total. The molecule has 0 amide bonds. The zero-order chi connectivity index (χ0) is 14.0. The highest BCUT2D eigenvalue weighted by Gasteiger charge is 2.34. The van der Waals surface area contributed by atoms with E-state index in [0.29, 0.717) is 4.47 Å². The van der Waals surface area contributed by atoms with Crippen LogP contribution in [0.1, 0.15) is 32.4 Å². The van der Waals surface area contributed by atoms with Gasteiger partial charge in [0, 0.05) is 32.2 Å². The van der Waals surface area contributed by atoms with Crippen LogP contribution in [0.2, 0.25) is 0 Å². The molecule has 1 aliphatic rings. The summed E-state index contributed by atoms with van der Waals surface area (Å²) in [5.41, 5.74) is 1.11. The van der Waals surface area contributed by atoms with Gasteiger partial charge in [-0.25, -0.2) is 4.39 Å². The second-order valence-electron chi connectivity index (χ2n) is 6.20. The first-order chi connectivity index (χ1) is 8.91. The Morgan fingerprint density at radius 1 is 1.19 bits per heavy atom. The van der Waals surface area contributed by atoms with Gasteiger partial charge in [0.25, 0.3) is 0 Å². The van der Waals surface area contributed by atoms with Gasteiger partial charge in [-0.2, -0.15) is 0 Å². The summed E-state index contributed by atoms with van der Waals surface area (Å²) in [6.07, 6.45) is 0. The van der Waals surface area contributed by atoms with Crippen LogP contribution in [0.15, 0.2) is 22.7 Å². The van der Waals surface area contributed by atoms with Crippen LogP contribution in [0, 0.1) is 11.2 Å². The lowest BCUT2D eigenvalue weighted by atomic mass is 9.81. The smallest absolute Gasteiger partial charge is 0.137 e. The molecule has 1 atom stereocenters. The van der Waals surface area contributed by atoms with Crippen molar-refractivity contribution in [2.24, 2.45) is 5.41 Å². The Kier molecular flexibility index (Phi) is 8.74. The summed E-state index contributed by atoms with van der Waals surface area (Å²) in [6, 6.07) is 5.56. The van der Waals surface area contributed by atoms with Gasteiger partial charge in [0.05, 0.1) is 4.47 Å². The molecule has 1 aliphatic heterocycles. The first-order valence-electron chi connectivity index (χ1n) is 6.80. The molecular weight excluding hydrogens is 378 g/mol. The molecule has 122 valence electrons. The molecule has 1 aromatic rings. The maximum absolute atomic E-state index is 13.8. The molecule has 1 heterocycles. The summed E-state index contributed by atoms with van der Waals surface area (Å²) in [6.45, 7) is 10.7. The third-order valence-electron chi connectivity index (χ3n) is 3.61. The largest absolute Gasteiger partial charge is 0.314 e. The van der Waals surface area contributed by atoms with Gasteiger partial charge in [-0.1, -0.05) is 32.9 Å². The van der Waals surface area contributed by atoms with Crippen LogP contribution in [0.25, 0.3) is 0 Å². The molecule has 2 rings (SSSR count). The first kappa shape index (κ1) is 21.1. The molecule has 1 N–H and O–H groups in total. The fraction of sp³-hybridized carbons (Fsp3) is 0.600. The lowest BCUT2D eigenvalue weighted by molar-refractivity contribution is 0.0854. The Labute approximate surface area is 147 Å². The number of hydrogen-bond donors (Lipinski definition) is 1. The highest BCUT2D eigenvalue weighted by atomic mass is 79.9. The lowest BCUT2D eigenvalue weighted by Gasteiger charge is -2.43. The lowest BCUT2D eigenvalue weighted by Crippen LogP contribution is -2.48. The Hall–Kier alpha value is 0.130. The number of piperazine rings is 1. The van der Waals surface area contributed by atoms with E-state index in [-0.39, 0.29) is 42.1 Å². The van der Waals surface area contributed by atoms with Crippen LogP contribution in [-0.2, 0) is 0 Å². The van der Waals surface area contributed by atoms with Gasteiger partial charge in [-0.05, 0) is 33.0 Å². The van der Waals surface area contributed by atoms with Gasteiger partial charge in [0.1, 0.15) is 5.82 Å². The van der Waals surface area contributed by atoms with E-state index in [2.05, 4.69) is 46.9 Å². The van der Waals surface area contributed by atoms with Crippen molar-refractivity contribution in [3.8, 4) is 0 Å². The van der Waals surface area contributed by atoms with Crippen molar-refractivity contribution in [2.75, 3.05) is 26.2 Å². The van der Waals surface area contributed by atoms with Gasteiger partial charge < -0.3 is 5.32 Å². The van der Waals surface area contributed by atoms with Gasteiger partial charge in [-0.15, -0.1) is 24.8 Å². The maximum atomic E-state index is 13.8. The zero-order valence-corrected chi connectivity index (χ0v) is 15.9. The monoisotopic (exact) mass is 400 g/mol. The third-order valence-corrected chi connectivity index (χ3v) is 4.45. The number of hydrogen-bond acceptors (Lipinski definition) is 2. The van der Waals surface area contributed by atoms with Gasteiger partial charge in [0.15, 0.2) is 0 Å². The summed E-state index contributed by atoms with van der Waals surface area (Å²) < 4.78 is 14.4. The van der Waals surface area contributed by atoms with Crippen LogP contribution in [0.5, 0.6) is 0 Å². The van der Waals surface area contributed by atoms with Crippen LogP contribution in [-0.4, -0.2) is 31.1 Å². The van der Waals surface area contributed by atoms with Gasteiger partial charge in [0.2, 0.25) is 0 Å². The summed E-state index contributed by atoms with van der Waals surface area (Å²) in [5, 5.41) is 3.37.